The number of rotatable bonds is 4. The lowest BCUT2D eigenvalue weighted by molar-refractivity contribution is -0.386. The lowest BCUT2D eigenvalue weighted by atomic mass is 10.1. The minimum absolute atomic E-state index is 0.0565. The average molecular weight is 313 g/mol. The highest BCUT2D eigenvalue weighted by Crippen LogP contribution is 2.32. The number of anilines is 1. The maximum Gasteiger partial charge on any atom is 0.310 e. The molecule has 1 fully saturated rings. The van der Waals surface area contributed by atoms with Crippen LogP contribution in [0.2, 0.25) is 0 Å². The molecular weight excluding hydrogens is 294 g/mol. The SMILES string of the molecule is CS(=O)(=O)c1cccc(NC2CCCCNC2)c1[N+](=O)[O-]. The van der Waals surface area contributed by atoms with Gasteiger partial charge in [-0.2, -0.15) is 0 Å². The van der Waals surface area contributed by atoms with Crippen LogP contribution >= 0.6 is 0 Å². The van der Waals surface area contributed by atoms with Crippen LogP contribution in [-0.2, 0) is 9.84 Å². The third-order valence-corrected chi connectivity index (χ3v) is 4.62. The Morgan fingerprint density at radius 2 is 2.14 bits per heavy atom. The number of nitro groups is 1. The molecule has 0 saturated carbocycles. The molecule has 1 atom stereocenters. The van der Waals surface area contributed by atoms with Crippen molar-refractivity contribution in [3.05, 3.63) is 28.3 Å². The van der Waals surface area contributed by atoms with E-state index in [4.69, 9.17) is 0 Å². The topological polar surface area (TPSA) is 101 Å². The van der Waals surface area contributed by atoms with Gasteiger partial charge in [0, 0.05) is 18.8 Å². The summed E-state index contributed by atoms with van der Waals surface area (Å²) < 4.78 is 23.4. The Morgan fingerprint density at radius 1 is 1.38 bits per heavy atom. The normalized spacial score (nSPS) is 19.8. The van der Waals surface area contributed by atoms with E-state index < -0.39 is 14.8 Å². The molecule has 0 radical (unpaired) electrons. The van der Waals surface area contributed by atoms with Gasteiger partial charge in [0.2, 0.25) is 0 Å². The fourth-order valence-electron chi connectivity index (χ4n) is 2.49. The van der Waals surface area contributed by atoms with Crippen molar-refractivity contribution in [1.29, 1.82) is 0 Å². The molecule has 7 nitrogen and oxygen atoms in total. The summed E-state index contributed by atoms with van der Waals surface area (Å²) in [7, 11) is -3.65. The lowest BCUT2D eigenvalue weighted by Crippen LogP contribution is -2.31. The van der Waals surface area contributed by atoms with Crippen LogP contribution in [-0.4, -0.2) is 38.7 Å². The van der Waals surface area contributed by atoms with Gasteiger partial charge in [-0.25, -0.2) is 8.42 Å². The van der Waals surface area contributed by atoms with Crippen LogP contribution in [0, 0.1) is 10.1 Å². The van der Waals surface area contributed by atoms with Gasteiger partial charge in [0.25, 0.3) is 0 Å². The molecule has 0 bridgehead atoms. The molecule has 1 unspecified atom stereocenters. The van der Waals surface area contributed by atoms with Crippen molar-refractivity contribution in [3.63, 3.8) is 0 Å². The molecule has 1 heterocycles. The Balaban J connectivity index is 2.36. The third-order valence-electron chi connectivity index (χ3n) is 3.49. The highest BCUT2D eigenvalue weighted by Gasteiger charge is 2.27. The van der Waals surface area contributed by atoms with Crippen molar-refractivity contribution in [2.75, 3.05) is 24.7 Å². The number of nitrogens with one attached hydrogen (secondary N) is 2. The summed E-state index contributed by atoms with van der Waals surface area (Å²) >= 11 is 0. The van der Waals surface area contributed by atoms with Crippen LogP contribution < -0.4 is 10.6 Å². The van der Waals surface area contributed by atoms with E-state index in [1.165, 1.54) is 12.1 Å². The number of para-hydroxylation sites is 1. The molecule has 8 heteroatoms. The van der Waals surface area contributed by atoms with Crippen LogP contribution in [0.4, 0.5) is 11.4 Å². The zero-order chi connectivity index (χ0) is 15.5. The first-order valence-corrected chi connectivity index (χ1v) is 8.73. The van der Waals surface area contributed by atoms with Crippen molar-refractivity contribution >= 4 is 21.2 Å². The Morgan fingerprint density at radius 3 is 2.81 bits per heavy atom. The molecule has 1 aliphatic rings. The monoisotopic (exact) mass is 313 g/mol. The van der Waals surface area contributed by atoms with Gasteiger partial charge in [0.1, 0.15) is 10.6 Å². The number of sulfone groups is 1. The maximum atomic E-state index is 11.7. The minimum atomic E-state index is -3.65. The van der Waals surface area contributed by atoms with Crippen LogP contribution in [0.15, 0.2) is 23.1 Å². The first-order valence-electron chi connectivity index (χ1n) is 6.84. The number of benzene rings is 1. The van der Waals surface area contributed by atoms with Gasteiger partial charge >= 0.3 is 5.69 Å². The van der Waals surface area contributed by atoms with Gasteiger partial charge < -0.3 is 10.6 Å². The van der Waals surface area contributed by atoms with E-state index >= 15 is 0 Å². The van der Waals surface area contributed by atoms with Crippen LogP contribution in [0.25, 0.3) is 0 Å². The van der Waals surface area contributed by atoms with Crippen LogP contribution in [0.1, 0.15) is 19.3 Å². The number of nitro benzene ring substituents is 1. The fraction of sp³-hybridized carbons (Fsp3) is 0.538. The second kappa shape index (κ2) is 6.40. The quantitative estimate of drug-likeness (QED) is 0.646. The maximum absolute atomic E-state index is 11.7. The van der Waals surface area contributed by atoms with Crippen LogP contribution in [0.3, 0.4) is 0 Å². The molecule has 1 aliphatic heterocycles. The predicted molar refractivity (Wildman–Crippen MR) is 80.3 cm³/mol. The van der Waals surface area contributed by atoms with Gasteiger partial charge in [-0.3, -0.25) is 10.1 Å². The van der Waals surface area contributed by atoms with Crippen molar-refractivity contribution < 1.29 is 13.3 Å². The Kier molecular flexibility index (Phi) is 4.79. The Bertz CT molecular complexity index is 622. The summed E-state index contributed by atoms with van der Waals surface area (Å²) in [6.07, 6.45) is 3.98. The molecule has 1 saturated heterocycles. The molecule has 0 aliphatic carbocycles. The fourth-order valence-corrected chi connectivity index (χ4v) is 3.35. The second-order valence-corrected chi connectivity index (χ2v) is 7.21. The van der Waals surface area contributed by atoms with E-state index in [1.807, 2.05) is 0 Å². The van der Waals surface area contributed by atoms with Gasteiger partial charge in [0.05, 0.1) is 4.92 Å². The lowest BCUT2D eigenvalue weighted by Gasteiger charge is -2.18. The number of hydrogen-bond donors (Lipinski definition) is 2. The molecule has 1 aromatic carbocycles. The average Bonchev–Trinajstić information content (AvgIpc) is 2.66. The van der Waals surface area contributed by atoms with E-state index in [0.717, 1.165) is 32.1 Å². The highest BCUT2D eigenvalue weighted by molar-refractivity contribution is 7.90. The zero-order valence-corrected chi connectivity index (χ0v) is 12.6. The van der Waals surface area contributed by atoms with Gasteiger partial charge in [0.15, 0.2) is 9.84 Å². The van der Waals surface area contributed by atoms with Crippen molar-refractivity contribution in [2.45, 2.75) is 30.2 Å². The summed E-state index contributed by atoms with van der Waals surface area (Å²) in [5.74, 6) is 0. The standard InChI is InChI=1S/C13H19N3O4S/c1-21(19,20)12-7-4-6-11(13(12)16(17)18)15-10-5-2-3-8-14-9-10/h4,6-7,10,14-15H,2-3,5,8-9H2,1H3. The van der Waals surface area contributed by atoms with E-state index in [0.29, 0.717) is 6.54 Å². The van der Waals surface area contributed by atoms with Crippen LogP contribution in [0.5, 0.6) is 0 Å². The summed E-state index contributed by atoms with van der Waals surface area (Å²) in [5, 5.41) is 17.7. The molecule has 1 aromatic rings. The molecule has 2 N–H and O–H groups in total. The molecule has 2 rings (SSSR count). The number of nitrogens with zero attached hydrogens (tertiary/aromatic N) is 1. The highest BCUT2D eigenvalue weighted by atomic mass is 32.2. The van der Waals surface area contributed by atoms with E-state index in [1.54, 1.807) is 6.07 Å². The summed E-state index contributed by atoms with van der Waals surface area (Å²) in [6, 6.07) is 4.40. The van der Waals surface area contributed by atoms with E-state index in [2.05, 4.69) is 10.6 Å². The van der Waals surface area contributed by atoms with Crippen molar-refractivity contribution in [1.82, 2.24) is 5.32 Å². The molecular formula is C13H19N3O4S. The molecule has 21 heavy (non-hydrogen) atoms. The predicted octanol–water partition coefficient (Wildman–Crippen LogP) is 1.55. The first kappa shape index (κ1) is 15.7. The summed E-state index contributed by atoms with van der Waals surface area (Å²) in [4.78, 5) is 10.4. The Hall–Kier alpha value is -1.67. The molecule has 116 valence electrons. The molecule has 0 spiro atoms. The van der Waals surface area contributed by atoms with E-state index in [-0.39, 0.29) is 22.3 Å². The van der Waals surface area contributed by atoms with Gasteiger partial charge in [-0.1, -0.05) is 12.5 Å². The third kappa shape index (κ3) is 3.92. The Labute approximate surface area is 123 Å². The smallest absolute Gasteiger partial charge is 0.310 e. The van der Waals surface area contributed by atoms with Gasteiger partial charge in [-0.05, 0) is 31.5 Å². The molecule has 0 amide bonds. The largest absolute Gasteiger partial charge is 0.375 e. The summed E-state index contributed by atoms with van der Waals surface area (Å²) in [6.45, 7) is 1.64. The zero-order valence-electron chi connectivity index (χ0n) is 11.8. The minimum Gasteiger partial charge on any atom is -0.375 e. The number of hydrogen-bond acceptors (Lipinski definition) is 6. The van der Waals surface area contributed by atoms with Gasteiger partial charge in [-0.15, -0.1) is 0 Å². The van der Waals surface area contributed by atoms with Crippen molar-refractivity contribution in [2.24, 2.45) is 0 Å². The summed E-state index contributed by atoms with van der Waals surface area (Å²) in [5.41, 5.74) is -0.110. The van der Waals surface area contributed by atoms with Crippen molar-refractivity contribution in [3.8, 4) is 0 Å². The first-order chi connectivity index (χ1) is 9.89. The second-order valence-electron chi connectivity index (χ2n) is 5.22. The molecule has 0 aromatic heterocycles. The van der Waals surface area contributed by atoms with E-state index in [9.17, 15) is 18.5 Å².